The maximum absolute atomic E-state index is 5.89. The second-order valence-electron chi connectivity index (χ2n) is 4.53. The second-order valence-corrected chi connectivity index (χ2v) is 4.53. The summed E-state index contributed by atoms with van der Waals surface area (Å²) in [6.45, 7) is 2.02. The predicted molar refractivity (Wildman–Crippen MR) is 77.6 cm³/mol. The highest BCUT2D eigenvalue weighted by Crippen LogP contribution is 2.25. The van der Waals surface area contributed by atoms with Crippen molar-refractivity contribution in [3.05, 3.63) is 60.7 Å². The van der Waals surface area contributed by atoms with Gasteiger partial charge in [0.15, 0.2) is 6.10 Å². The highest BCUT2D eigenvalue weighted by Gasteiger charge is 2.19. The Morgan fingerprint density at radius 3 is 2.71 bits per heavy atom. The van der Waals surface area contributed by atoms with Gasteiger partial charge in [-0.25, -0.2) is 0 Å². The average molecular weight is 281 g/mol. The van der Waals surface area contributed by atoms with Gasteiger partial charge < -0.3 is 9.26 Å². The Bertz CT molecular complexity index is 683. The Morgan fingerprint density at radius 1 is 1.14 bits per heavy atom. The van der Waals surface area contributed by atoms with Gasteiger partial charge in [-0.1, -0.05) is 30.3 Å². The van der Waals surface area contributed by atoms with Crippen LogP contribution < -0.4 is 4.74 Å². The van der Waals surface area contributed by atoms with Gasteiger partial charge in [0.1, 0.15) is 5.75 Å². The maximum Gasteiger partial charge on any atom is 0.268 e. The SMILES string of the molecule is CC[C@H](Oc1ccccc1)c1nc(-c2cccnc2)no1. The van der Waals surface area contributed by atoms with Crippen LogP contribution in [-0.2, 0) is 0 Å². The average Bonchev–Trinajstić information content (AvgIpc) is 3.04. The number of benzene rings is 1. The van der Waals surface area contributed by atoms with E-state index >= 15 is 0 Å². The fourth-order valence-electron chi connectivity index (χ4n) is 1.95. The minimum atomic E-state index is -0.259. The second kappa shape index (κ2) is 6.17. The van der Waals surface area contributed by atoms with Crippen LogP contribution >= 0.6 is 0 Å². The van der Waals surface area contributed by atoms with Crippen molar-refractivity contribution in [3.8, 4) is 17.1 Å². The van der Waals surface area contributed by atoms with E-state index in [1.54, 1.807) is 12.4 Å². The van der Waals surface area contributed by atoms with Crippen molar-refractivity contribution in [2.24, 2.45) is 0 Å². The minimum Gasteiger partial charge on any atom is -0.481 e. The molecule has 0 aliphatic carbocycles. The fourth-order valence-corrected chi connectivity index (χ4v) is 1.95. The van der Waals surface area contributed by atoms with Gasteiger partial charge in [0.2, 0.25) is 5.82 Å². The number of pyridine rings is 1. The first-order valence-corrected chi connectivity index (χ1v) is 6.82. The lowest BCUT2D eigenvalue weighted by molar-refractivity contribution is 0.154. The van der Waals surface area contributed by atoms with E-state index in [2.05, 4.69) is 15.1 Å². The van der Waals surface area contributed by atoms with E-state index in [1.807, 2.05) is 49.4 Å². The summed E-state index contributed by atoms with van der Waals surface area (Å²) in [7, 11) is 0. The molecule has 0 amide bonds. The van der Waals surface area contributed by atoms with Crippen molar-refractivity contribution in [1.29, 1.82) is 0 Å². The van der Waals surface area contributed by atoms with E-state index in [1.165, 1.54) is 0 Å². The van der Waals surface area contributed by atoms with E-state index in [9.17, 15) is 0 Å². The van der Waals surface area contributed by atoms with Gasteiger partial charge in [-0.2, -0.15) is 4.98 Å². The first kappa shape index (κ1) is 13.3. The monoisotopic (exact) mass is 281 g/mol. The van der Waals surface area contributed by atoms with Crippen molar-refractivity contribution in [2.75, 3.05) is 0 Å². The number of aromatic nitrogens is 3. The van der Waals surface area contributed by atoms with Crippen molar-refractivity contribution in [3.63, 3.8) is 0 Å². The zero-order valence-corrected chi connectivity index (χ0v) is 11.6. The molecule has 3 rings (SSSR count). The number of rotatable bonds is 5. The largest absolute Gasteiger partial charge is 0.481 e. The van der Waals surface area contributed by atoms with Crippen molar-refractivity contribution in [2.45, 2.75) is 19.4 Å². The molecule has 0 spiro atoms. The summed E-state index contributed by atoms with van der Waals surface area (Å²) in [6, 6.07) is 13.3. The molecule has 2 heterocycles. The summed E-state index contributed by atoms with van der Waals surface area (Å²) in [5.74, 6) is 1.78. The number of ether oxygens (including phenoxy) is 1. The first-order valence-electron chi connectivity index (χ1n) is 6.82. The third kappa shape index (κ3) is 3.08. The lowest BCUT2D eigenvalue weighted by Crippen LogP contribution is -2.06. The summed E-state index contributed by atoms with van der Waals surface area (Å²) in [4.78, 5) is 8.46. The van der Waals surface area contributed by atoms with Gasteiger partial charge in [0, 0.05) is 18.0 Å². The number of hydrogen-bond acceptors (Lipinski definition) is 5. The molecule has 0 aliphatic heterocycles. The van der Waals surface area contributed by atoms with Crippen LogP contribution in [0.15, 0.2) is 59.4 Å². The van der Waals surface area contributed by atoms with Crippen LogP contribution in [0.25, 0.3) is 11.4 Å². The molecular formula is C16H15N3O2. The van der Waals surface area contributed by atoms with Gasteiger partial charge in [-0.15, -0.1) is 0 Å². The van der Waals surface area contributed by atoms with E-state index in [0.29, 0.717) is 11.7 Å². The third-order valence-electron chi connectivity index (χ3n) is 3.03. The zero-order valence-electron chi connectivity index (χ0n) is 11.6. The van der Waals surface area contributed by atoms with Crippen LogP contribution in [0, 0.1) is 0 Å². The molecule has 0 saturated heterocycles. The smallest absolute Gasteiger partial charge is 0.268 e. The molecule has 106 valence electrons. The molecule has 0 unspecified atom stereocenters. The molecule has 3 aromatic rings. The number of para-hydroxylation sites is 1. The highest BCUT2D eigenvalue weighted by molar-refractivity contribution is 5.51. The van der Waals surface area contributed by atoms with Gasteiger partial charge >= 0.3 is 0 Å². The van der Waals surface area contributed by atoms with Crippen LogP contribution in [0.1, 0.15) is 25.3 Å². The molecule has 2 aromatic heterocycles. The van der Waals surface area contributed by atoms with Gasteiger partial charge in [-0.05, 0) is 30.7 Å². The molecule has 1 atom stereocenters. The van der Waals surface area contributed by atoms with E-state index in [4.69, 9.17) is 9.26 Å². The molecule has 0 N–H and O–H groups in total. The van der Waals surface area contributed by atoms with Crippen LogP contribution in [0.2, 0.25) is 0 Å². The molecule has 0 aliphatic rings. The zero-order chi connectivity index (χ0) is 14.5. The van der Waals surface area contributed by atoms with E-state index in [-0.39, 0.29) is 6.10 Å². The topological polar surface area (TPSA) is 61.0 Å². The summed E-state index contributed by atoms with van der Waals surface area (Å²) in [5.41, 5.74) is 0.821. The Labute approximate surface area is 122 Å². The van der Waals surface area contributed by atoms with Crippen molar-refractivity contribution >= 4 is 0 Å². The highest BCUT2D eigenvalue weighted by atomic mass is 16.5. The Kier molecular flexibility index (Phi) is 3.91. The number of nitrogens with zero attached hydrogens (tertiary/aromatic N) is 3. The summed E-state index contributed by atoms with van der Waals surface area (Å²) in [6.07, 6.45) is 3.89. The Morgan fingerprint density at radius 2 is 2.00 bits per heavy atom. The molecule has 5 heteroatoms. The van der Waals surface area contributed by atoms with Gasteiger partial charge in [0.05, 0.1) is 0 Å². The Hall–Kier alpha value is -2.69. The summed E-state index contributed by atoms with van der Waals surface area (Å²) < 4.78 is 11.2. The van der Waals surface area contributed by atoms with Gasteiger partial charge in [-0.3, -0.25) is 4.98 Å². The minimum absolute atomic E-state index is 0.259. The van der Waals surface area contributed by atoms with Crippen LogP contribution in [-0.4, -0.2) is 15.1 Å². The summed E-state index contributed by atoms with van der Waals surface area (Å²) in [5, 5.41) is 3.99. The Balaban J connectivity index is 1.81. The summed E-state index contributed by atoms with van der Waals surface area (Å²) >= 11 is 0. The standard InChI is InChI=1S/C16H15N3O2/c1-2-14(20-13-8-4-3-5-9-13)16-18-15(19-21-16)12-7-6-10-17-11-12/h3-11,14H,2H2,1H3/t14-/m0/s1. The molecule has 0 fully saturated rings. The lowest BCUT2D eigenvalue weighted by atomic mass is 10.2. The van der Waals surface area contributed by atoms with Crippen molar-refractivity contribution in [1.82, 2.24) is 15.1 Å². The maximum atomic E-state index is 5.89. The normalized spacial score (nSPS) is 12.0. The quantitative estimate of drug-likeness (QED) is 0.714. The van der Waals surface area contributed by atoms with Gasteiger partial charge in [0.25, 0.3) is 5.89 Å². The molecule has 0 saturated carbocycles. The molecule has 1 aromatic carbocycles. The van der Waals surface area contributed by atoms with Crippen molar-refractivity contribution < 1.29 is 9.26 Å². The molecule has 5 nitrogen and oxygen atoms in total. The molecule has 21 heavy (non-hydrogen) atoms. The predicted octanol–water partition coefficient (Wildman–Crippen LogP) is 3.66. The molecule has 0 radical (unpaired) electrons. The number of hydrogen-bond donors (Lipinski definition) is 0. The third-order valence-corrected chi connectivity index (χ3v) is 3.03. The lowest BCUT2D eigenvalue weighted by Gasteiger charge is -2.13. The van der Waals surface area contributed by atoms with E-state index in [0.717, 1.165) is 17.7 Å². The molecule has 0 bridgehead atoms. The van der Waals surface area contributed by atoms with Crippen LogP contribution in [0.5, 0.6) is 5.75 Å². The van der Waals surface area contributed by atoms with Crippen LogP contribution in [0.4, 0.5) is 0 Å². The fraction of sp³-hybridized carbons (Fsp3) is 0.188. The molecular weight excluding hydrogens is 266 g/mol. The van der Waals surface area contributed by atoms with Crippen LogP contribution in [0.3, 0.4) is 0 Å². The first-order chi connectivity index (χ1) is 10.4. The van der Waals surface area contributed by atoms with E-state index < -0.39 is 0 Å².